The molecule has 1 aliphatic rings. The van der Waals surface area contributed by atoms with Gasteiger partial charge >= 0.3 is 0 Å². The Morgan fingerprint density at radius 3 is 2.40 bits per heavy atom. The van der Waals surface area contributed by atoms with E-state index in [2.05, 4.69) is 4.83 Å². The van der Waals surface area contributed by atoms with Crippen LogP contribution in [0.3, 0.4) is 0 Å². The fourth-order valence-electron chi connectivity index (χ4n) is 1.66. The fraction of sp³-hybridized carbons (Fsp3) is 1.00. The Kier molecular flexibility index (Phi) is 5.52. The molecule has 0 amide bonds. The van der Waals surface area contributed by atoms with Crippen LogP contribution >= 0.6 is 0 Å². The molecule has 0 aromatic carbocycles. The van der Waals surface area contributed by atoms with Crippen molar-refractivity contribution in [1.82, 2.24) is 9.84 Å². The molecule has 1 heterocycles. The van der Waals surface area contributed by atoms with Gasteiger partial charge in [-0.15, -0.1) is 4.83 Å². The van der Waals surface area contributed by atoms with E-state index in [0.29, 0.717) is 13.0 Å². The largest absolute Gasteiger partial charge is 0.330 e. The molecule has 1 aliphatic heterocycles. The molecule has 0 saturated carbocycles. The van der Waals surface area contributed by atoms with Gasteiger partial charge in [0, 0.05) is 13.1 Å². The third-order valence-corrected chi connectivity index (χ3v) is 3.85. The van der Waals surface area contributed by atoms with Crippen LogP contribution in [-0.2, 0) is 10.0 Å². The van der Waals surface area contributed by atoms with Gasteiger partial charge in [0.25, 0.3) is 0 Å². The molecule has 3 N–H and O–H groups in total. The number of unbranched alkanes of at least 4 members (excludes halogenated alkanes) is 1. The highest BCUT2D eigenvalue weighted by atomic mass is 32.2. The number of hydrazine groups is 1. The first kappa shape index (κ1) is 12.9. The summed E-state index contributed by atoms with van der Waals surface area (Å²) in [5, 5.41) is 1.81. The molecule has 0 bridgehead atoms. The first-order chi connectivity index (χ1) is 7.14. The van der Waals surface area contributed by atoms with Crippen LogP contribution in [0.4, 0.5) is 0 Å². The molecule has 5 nitrogen and oxygen atoms in total. The third kappa shape index (κ3) is 5.46. The molecule has 1 rings (SSSR count). The molecule has 0 aliphatic carbocycles. The maximum atomic E-state index is 11.6. The average Bonchev–Trinajstić information content (AvgIpc) is 2.18. The zero-order valence-electron chi connectivity index (χ0n) is 9.11. The summed E-state index contributed by atoms with van der Waals surface area (Å²) in [6.07, 6.45) is 4.75. The van der Waals surface area contributed by atoms with Gasteiger partial charge in [0.05, 0.1) is 5.75 Å². The first-order valence-electron chi connectivity index (χ1n) is 5.59. The Labute approximate surface area is 92.0 Å². The summed E-state index contributed by atoms with van der Waals surface area (Å²) in [6.45, 7) is 2.21. The number of rotatable bonds is 6. The summed E-state index contributed by atoms with van der Waals surface area (Å²) >= 11 is 0. The molecular weight excluding hydrogens is 214 g/mol. The van der Waals surface area contributed by atoms with Crippen molar-refractivity contribution >= 4 is 10.0 Å². The molecule has 0 atom stereocenters. The van der Waals surface area contributed by atoms with E-state index in [1.807, 2.05) is 0 Å². The van der Waals surface area contributed by atoms with Gasteiger partial charge in [0.2, 0.25) is 10.0 Å². The van der Waals surface area contributed by atoms with E-state index in [1.54, 1.807) is 5.01 Å². The molecule has 0 aromatic heterocycles. The number of sulfonamides is 1. The van der Waals surface area contributed by atoms with E-state index in [0.717, 1.165) is 32.4 Å². The van der Waals surface area contributed by atoms with Gasteiger partial charge in [0.1, 0.15) is 0 Å². The van der Waals surface area contributed by atoms with Crippen molar-refractivity contribution in [2.24, 2.45) is 5.73 Å². The smallest absolute Gasteiger partial charge is 0.224 e. The number of piperidine rings is 1. The summed E-state index contributed by atoms with van der Waals surface area (Å²) in [5.74, 6) is 0.181. The van der Waals surface area contributed by atoms with Crippen LogP contribution in [0.5, 0.6) is 0 Å². The SMILES string of the molecule is NCCCCS(=O)(=O)NN1CCCCC1. The standard InChI is InChI=1S/C9H21N3O2S/c10-6-2-5-9-15(13,14)11-12-7-3-1-4-8-12/h11H,1-10H2. The maximum absolute atomic E-state index is 11.6. The Bertz CT molecular complexity index is 261. The lowest BCUT2D eigenvalue weighted by Crippen LogP contribution is -2.45. The van der Waals surface area contributed by atoms with Crippen molar-refractivity contribution in [1.29, 1.82) is 0 Å². The van der Waals surface area contributed by atoms with Crippen molar-refractivity contribution in [3.63, 3.8) is 0 Å². The molecule has 1 fully saturated rings. The van der Waals surface area contributed by atoms with Crippen LogP contribution < -0.4 is 10.6 Å². The number of nitrogens with one attached hydrogen (secondary N) is 1. The van der Waals surface area contributed by atoms with Gasteiger partial charge < -0.3 is 5.73 Å². The summed E-state index contributed by atoms with van der Waals surface area (Å²) in [4.78, 5) is 2.62. The van der Waals surface area contributed by atoms with Crippen molar-refractivity contribution in [3.8, 4) is 0 Å². The second-order valence-electron chi connectivity index (χ2n) is 3.95. The van der Waals surface area contributed by atoms with Crippen molar-refractivity contribution < 1.29 is 8.42 Å². The predicted molar refractivity (Wildman–Crippen MR) is 60.6 cm³/mol. The van der Waals surface area contributed by atoms with E-state index in [4.69, 9.17) is 5.73 Å². The molecular formula is C9H21N3O2S. The highest BCUT2D eigenvalue weighted by Crippen LogP contribution is 2.07. The van der Waals surface area contributed by atoms with Gasteiger partial charge in [0.15, 0.2) is 0 Å². The number of nitrogens with zero attached hydrogens (tertiary/aromatic N) is 1. The molecule has 0 radical (unpaired) electrons. The van der Waals surface area contributed by atoms with Gasteiger partial charge in [-0.3, -0.25) is 0 Å². The minimum Gasteiger partial charge on any atom is -0.330 e. The van der Waals surface area contributed by atoms with Crippen molar-refractivity contribution in [3.05, 3.63) is 0 Å². The van der Waals surface area contributed by atoms with E-state index in [-0.39, 0.29) is 5.75 Å². The Morgan fingerprint density at radius 1 is 1.13 bits per heavy atom. The molecule has 6 heteroatoms. The van der Waals surface area contributed by atoms with E-state index >= 15 is 0 Å². The van der Waals surface area contributed by atoms with Crippen LogP contribution in [0.15, 0.2) is 0 Å². The summed E-state index contributed by atoms with van der Waals surface area (Å²) in [5.41, 5.74) is 5.32. The van der Waals surface area contributed by atoms with E-state index in [1.165, 1.54) is 6.42 Å². The van der Waals surface area contributed by atoms with Crippen LogP contribution in [-0.4, -0.2) is 38.8 Å². The van der Waals surface area contributed by atoms with Gasteiger partial charge in [-0.2, -0.15) is 0 Å². The average molecular weight is 235 g/mol. The fourth-order valence-corrected chi connectivity index (χ4v) is 2.92. The minimum absolute atomic E-state index is 0.181. The molecule has 0 aromatic rings. The zero-order valence-corrected chi connectivity index (χ0v) is 9.93. The number of nitrogens with two attached hydrogens (primary N) is 1. The van der Waals surface area contributed by atoms with E-state index < -0.39 is 10.0 Å². The van der Waals surface area contributed by atoms with Gasteiger partial charge in [-0.1, -0.05) is 6.42 Å². The molecule has 0 spiro atoms. The van der Waals surface area contributed by atoms with Crippen molar-refractivity contribution in [2.75, 3.05) is 25.4 Å². The lowest BCUT2D eigenvalue weighted by Gasteiger charge is -2.26. The summed E-state index contributed by atoms with van der Waals surface area (Å²) < 4.78 is 23.2. The molecule has 0 unspecified atom stereocenters. The first-order valence-corrected chi connectivity index (χ1v) is 7.24. The molecule has 1 saturated heterocycles. The second kappa shape index (κ2) is 6.42. The maximum Gasteiger partial charge on any atom is 0.224 e. The summed E-state index contributed by atoms with van der Waals surface area (Å²) in [6, 6.07) is 0. The monoisotopic (exact) mass is 235 g/mol. The topological polar surface area (TPSA) is 75.4 Å². The lowest BCUT2D eigenvalue weighted by atomic mass is 10.2. The molecule has 90 valence electrons. The van der Waals surface area contributed by atoms with Crippen LogP contribution in [0.2, 0.25) is 0 Å². The van der Waals surface area contributed by atoms with Crippen LogP contribution in [0.1, 0.15) is 32.1 Å². The van der Waals surface area contributed by atoms with Gasteiger partial charge in [-0.25, -0.2) is 13.4 Å². The Balaban J connectivity index is 2.27. The Hall–Kier alpha value is -0.170. The van der Waals surface area contributed by atoms with Crippen LogP contribution in [0, 0.1) is 0 Å². The third-order valence-electron chi connectivity index (χ3n) is 2.49. The van der Waals surface area contributed by atoms with E-state index in [9.17, 15) is 8.42 Å². The quantitative estimate of drug-likeness (QED) is 0.638. The predicted octanol–water partition coefficient (Wildman–Crippen LogP) is 0.0456. The second-order valence-corrected chi connectivity index (χ2v) is 5.77. The highest BCUT2D eigenvalue weighted by Gasteiger charge is 2.16. The molecule has 15 heavy (non-hydrogen) atoms. The number of hydrogen-bond acceptors (Lipinski definition) is 4. The minimum atomic E-state index is -3.13. The number of hydrogen-bond donors (Lipinski definition) is 2. The van der Waals surface area contributed by atoms with Crippen LogP contribution in [0.25, 0.3) is 0 Å². The van der Waals surface area contributed by atoms with Gasteiger partial charge in [-0.05, 0) is 32.2 Å². The van der Waals surface area contributed by atoms with Crippen molar-refractivity contribution in [2.45, 2.75) is 32.1 Å². The summed E-state index contributed by atoms with van der Waals surface area (Å²) in [7, 11) is -3.13. The zero-order chi connectivity index (χ0) is 11.1. The lowest BCUT2D eigenvalue weighted by molar-refractivity contribution is 0.200. The normalized spacial score (nSPS) is 19.3. The Morgan fingerprint density at radius 2 is 1.80 bits per heavy atom. The highest BCUT2D eigenvalue weighted by molar-refractivity contribution is 7.89.